The summed E-state index contributed by atoms with van der Waals surface area (Å²) < 4.78 is 14.1. The van der Waals surface area contributed by atoms with Gasteiger partial charge in [-0.3, -0.25) is 4.79 Å². The van der Waals surface area contributed by atoms with Crippen molar-refractivity contribution in [2.24, 2.45) is 0 Å². The molecular weight excluding hydrogens is 389 g/mol. The van der Waals surface area contributed by atoms with E-state index in [-0.39, 0.29) is 17.8 Å². The Labute approximate surface area is 173 Å². The van der Waals surface area contributed by atoms with E-state index in [2.05, 4.69) is 25.1 Å². The molecule has 1 fully saturated rings. The molecule has 0 spiro atoms. The molecule has 0 unspecified atom stereocenters. The zero-order valence-corrected chi connectivity index (χ0v) is 17.6. The largest absolute Gasteiger partial charge is 0.366 e. The van der Waals surface area contributed by atoms with Gasteiger partial charge in [-0.15, -0.1) is 11.3 Å². The third-order valence-electron chi connectivity index (χ3n) is 5.11. The lowest BCUT2D eigenvalue weighted by Crippen LogP contribution is -2.47. The van der Waals surface area contributed by atoms with Gasteiger partial charge in [0.2, 0.25) is 0 Å². The molecule has 1 aromatic carbocycles. The van der Waals surface area contributed by atoms with Gasteiger partial charge in [-0.2, -0.15) is 0 Å². The second-order valence-corrected chi connectivity index (χ2v) is 8.49. The number of rotatable bonds is 4. The summed E-state index contributed by atoms with van der Waals surface area (Å²) in [4.78, 5) is 27.3. The molecule has 1 saturated heterocycles. The lowest BCUT2D eigenvalue weighted by Gasteiger charge is -2.37. The van der Waals surface area contributed by atoms with Crippen LogP contribution in [-0.4, -0.2) is 48.1 Å². The first-order valence-corrected chi connectivity index (χ1v) is 10.6. The molecule has 0 radical (unpaired) electrons. The average molecular weight is 414 g/mol. The van der Waals surface area contributed by atoms with E-state index in [0.29, 0.717) is 23.7 Å². The SMILES string of the molecule is Cc1c(C(=O)NC(C)C)sc2ncnc(N3CCN(c4ccccc4F)CC3)c12. The summed E-state index contributed by atoms with van der Waals surface area (Å²) in [5.41, 5.74) is 1.55. The van der Waals surface area contributed by atoms with Crippen LogP contribution in [0, 0.1) is 12.7 Å². The number of anilines is 2. The number of para-hydroxylation sites is 1. The number of piperazine rings is 1. The summed E-state index contributed by atoms with van der Waals surface area (Å²) >= 11 is 1.40. The number of aromatic nitrogens is 2. The molecule has 0 saturated carbocycles. The van der Waals surface area contributed by atoms with Crippen LogP contribution in [0.2, 0.25) is 0 Å². The average Bonchev–Trinajstić information content (AvgIpc) is 3.05. The summed E-state index contributed by atoms with van der Waals surface area (Å²) in [7, 11) is 0. The number of carbonyl (C=O) groups excluding carboxylic acids is 1. The van der Waals surface area contributed by atoms with Crippen molar-refractivity contribution in [3.63, 3.8) is 0 Å². The zero-order valence-electron chi connectivity index (χ0n) is 16.8. The highest BCUT2D eigenvalue weighted by atomic mass is 32.1. The Balaban J connectivity index is 1.60. The molecule has 6 nitrogen and oxygen atoms in total. The van der Waals surface area contributed by atoms with E-state index in [1.165, 1.54) is 17.4 Å². The summed E-state index contributed by atoms with van der Waals surface area (Å²) in [5.74, 6) is 0.580. The molecule has 0 aliphatic carbocycles. The van der Waals surface area contributed by atoms with Gasteiger partial charge in [0.15, 0.2) is 0 Å². The number of halogens is 1. The van der Waals surface area contributed by atoms with Crippen molar-refractivity contribution in [1.29, 1.82) is 0 Å². The van der Waals surface area contributed by atoms with E-state index in [1.54, 1.807) is 12.4 Å². The van der Waals surface area contributed by atoms with E-state index < -0.39 is 0 Å². The monoisotopic (exact) mass is 413 g/mol. The standard InChI is InChI=1S/C21H24FN5OS/c1-13(2)25-20(28)18-14(3)17-19(23-12-24-21(17)29-18)27-10-8-26(9-11-27)16-7-5-4-6-15(16)22/h4-7,12-13H,8-11H2,1-3H3,(H,25,28). The zero-order chi connectivity index (χ0) is 20.5. The second-order valence-electron chi connectivity index (χ2n) is 7.49. The smallest absolute Gasteiger partial charge is 0.261 e. The highest BCUT2D eigenvalue weighted by molar-refractivity contribution is 7.20. The van der Waals surface area contributed by atoms with Gasteiger partial charge in [-0.25, -0.2) is 14.4 Å². The van der Waals surface area contributed by atoms with Crippen molar-refractivity contribution in [2.75, 3.05) is 36.0 Å². The van der Waals surface area contributed by atoms with Crippen molar-refractivity contribution in [1.82, 2.24) is 15.3 Å². The van der Waals surface area contributed by atoms with Crippen LogP contribution in [0.15, 0.2) is 30.6 Å². The molecule has 29 heavy (non-hydrogen) atoms. The topological polar surface area (TPSA) is 61.4 Å². The molecule has 4 rings (SSSR count). The minimum Gasteiger partial charge on any atom is -0.366 e. The predicted octanol–water partition coefficient (Wildman–Crippen LogP) is 3.60. The molecule has 3 heterocycles. The number of amides is 1. The van der Waals surface area contributed by atoms with Crippen LogP contribution in [0.25, 0.3) is 10.2 Å². The molecule has 1 aliphatic rings. The van der Waals surface area contributed by atoms with Crippen LogP contribution < -0.4 is 15.1 Å². The summed E-state index contributed by atoms with van der Waals surface area (Å²) in [6.07, 6.45) is 1.56. The Morgan fingerprint density at radius 3 is 2.52 bits per heavy atom. The third kappa shape index (κ3) is 3.76. The van der Waals surface area contributed by atoms with Crippen LogP contribution in [0.5, 0.6) is 0 Å². The normalized spacial score (nSPS) is 14.7. The van der Waals surface area contributed by atoms with Gasteiger partial charge < -0.3 is 15.1 Å². The Morgan fingerprint density at radius 1 is 1.14 bits per heavy atom. The lowest BCUT2D eigenvalue weighted by atomic mass is 10.1. The number of nitrogens with zero attached hydrogens (tertiary/aromatic N) is 4. The Bertz CT molecular complexity index is 1040. The fourth-order valence-electron chi connectivity index (χ4n) is 3.70. The first kappa shape index (κ1) is 19.6. The van der Waals surface area contributed by atoms with Gasteiger partial charge in [0.25, 0.3) is 5.91 Å². The maximum atomic E-state index is 14.1. The van der Waals surface area contributed by atoms with Gasteiger partial charge in [-0.1, -0.05) is 12.1 Å². The Morgan fingerprint density at radius 2 is 1.83 bits per heavy atom. The number of benzene rings is 1. The van der Waals surface area contributed by atoms with Gasteiger partial charge in [0.1, 0.15) is 22.8 Å². The number of aryl methyl sites for hydroxylation is 1. The molecule has 1 aliphatic heterocycles. The van der Waals surface area contributed by atoms with Crippen molar-refractivity contribution in [3.8, 4) is 0 Å². The first-order valence-electron chi connectivity index (χ1n) is 9.75. The van der Waals surface area contributed by atoms with Crippen molar-refractivity contribution in [3.05, 3.63) is 46.9 Å². The highest BCUT2D eigenvalue weighted by Crippen LogP contribution is 2.35. The van der Waals surface area contributed by atoms with Gasteiger partial charge in [0, 0.05) is 32.2 Å². The summed E-state index contributed by atoms with van der Waals surface area (Å²) in [5, 5.41) is 3.89. The predicted molar refractivity (Wildman–Crippen MR) is 116 cm³/mol. The molecule has 2 aromatic heterocycles. The molecule has 3 aromatic rings. The maximum Gasteiger partial charge on any atom is 0.261 e. The summed E-state index contributed by atoms with van der Waals surface area (Å²) in [6.45, 7) is 8.71. The minimum absolute atomic E-state index is 0.0733. The first-order chi connectivity index (χ1) is 14.0. The van der Waals surface area contributed by atoms with E-state index >= 15 is 0 Å². The molecule has 152 valence electrons. The van der Waals surface area contributed by atoms with Crippen LogP contribution >= 0.6 is 11.3 Å². The number of carbonyl (C=O) groups is 1. The Hall–Kier alpha value is -2.74. The van der Waals surface area contributed by atoms with E-state index in [9.17, 15) is 9.18 Å². The minimum atomic E-state index is -0.195. The van der Waals surface area contributed by atoms with Gasteiger partial charge in [-0.05, 0) is 38.5 Å². The summed E-state index contributed by atoms with van der Waals surface area (Å²) in [6, 6.07) is 6.95. The quantitative estimate of drug-likeness (QED) is 0.708. The van der Waals surface area contributed by atoms with Crippen molar-refractivity contribution >= 4 is 39.0 Å². The van der Waals surface area contributed by atoms with Crippen LogP contribution in [0.1, 0.15) is 29.1 Å². The molecule has 8 heteroatoms. The molecular formula is C21H24FN5OS. The van der Waals surface area contributed by atoms with Crippen LogP contribution in [-0.2, 0) is 0 Å². The third-order valence-corrected chi connectivity index (χ3v) is 6.30. The van der Waals surface area contributed by atoms with Crippen LogP contribution in [0.4, 0.5) is 15.9 Å². The molecule has 1 amide bonds. The Kier molecular flexibility index (Phi) is 5.36. The highest BCUT2D eigenvalue weighted by Gasteiger charge is 2.25. The van der Waals surface area contributed by atoms with Crippen molar-refractivity contribution in [2.45, 2.75) is 26.8 Å². The number of thiophene rings is 1. The number of hydrogen-bond donors (Lipinski definition) is 1. The van der Waals surface area contributed by atoms with Gasteiger partial charge >= 0.3 is 0 Å². The second kappa shape index (κ2) is 7.94. The van der Waals surface area contributed by atoms with Crippen LogP contribution in [0.3, 0.4) is 0 Å². The number of hydrogen-bond acceptors (Lipinski definition) is 6. The fraction of sp³-hybridized carbons (Fsp3) is 0.381. The van der Waals surface area contributed by atoms with E-state index in [4.69, 9.17) is 0 Å². The van der Waals surface area contributed by atoms with E-state index in [0.717, 1.165) is 34.7 Å². The molecule has 0 atom stereocenters. The van der Waals surface area contributed by atoms with Crippen molar-refractivity contribution < 1.29 is 9.18 Å². The van der Waals surface area contributed by atoms with Gasteiger partial charge in [0.05, 0.1) is 16.0 Å². The molecule has 1 N–H and O–H groups in total. The fourth-order valence-corrected chi connectivity index (χ4v) is 4.75. The molecule has 0 bridgehead atoms. The number of fused-ring (bicyclic) bond motifs is 1. The maximum absolute atomic E-state index is 14.1. The van der Waals surface area contributed by atoms with E-state index in [1.807, 2.05) is 32.9 Å². The lowest BCUT2D eigenvalue weighted by molar-refractivity contribution is 0.0947. The number of nitrogens with one attached hydrogen (secondary N) is 1.